The van der Waals surface area contributed by atoms with Gasteiger partial charge in [0.25, 0.3) is 5.91 Å². The third kappa shape index (κ3) is 3.91. The van der Waals surface area contributed by atoms with Crippen LogP contribution in [0.3, 0.4) is 0 Å². The summed E-state index contributed by atoms with van der Waals surface area (Å²) in [4.78, 5) is 15.2. The largest absolute Gasteiger partial charge is 0.455 e. The van der Waals surface area contributed by atoms with Gasteiger partial charge in [0.1, 0.15) is 5.76 Å². The number of furan rings is 1. The average molecular weight is 414 g/mol. The molecule has 2 saturated heterocycles. The lowest BCUT2D eigenvalue weighted by Gasteiger charge is -2.26. The maximum atomic E-state index is 12.7. The Hall–Kier alpha value is -2.16. The number of hydrogen-bond acceptors (Lipinski definition) is 6. The molecule has 0 aromatic carbocycles. The number of fused-ring (bicyclic) bond motifs is 3. The second-order valence-corrected chi connectivity index (χ2v) is 8.56. The SMILES string of the molecule is Cc1c(C(=O)NC[C@@H]2CCCO2)oc2c1-c1nn(CCN3CCNCC3)cc1CC2. The fourth-order valence-corrected chi connectivity index (χ4v) is 4.77. The number of hydrogen-bond donors (Lipinski definition) is 2. The second-order valence-electron chi connectivity index (χ2n) is 8.56. The number of piperazine rings is 1. The molecule has 2 aromatic heterocycles. The molecule has 1 atom stereocenters. The van der Waals surface area contributed by atoms with Gasteiger partial charge in [-0.2, -0.15) is 5.10 Å². The Bertz CT molecular complexity index is 906. The van der Waals surface area contributed by atoms with E-state index in [1.807, 2.05) is 6.92 Å². The molecule has 162 valence electrons. The zero-order chi connectivity index (χ0) is 20.5. The first-order chi connectivity index (χ1) is 14.7. The van der Waals surface area contributed by atoms with E-state index in [1.54, 1.807) is 0 Å². The van der Waals surface area contributed by atoms with E-state index in [2.05, 4.69) is 26.4 Å². The molecule has 30 heavy (non-hydrogen) atoms. The summed E-state index contributed by atoms with van der Waals surface area (Å²) >= 11 is 0. The molecule has 0 saturated carbocycles. The highest BCUT2D eigenvalue weighted by molar-refractivity contribution is 5.95. The van der Waals surface area contributed by atoms with E-state index in [4.69, 9.17) is 14.3 Å². The van der Waals surface area contributed by atoms with Gasteiger partial charge in [-0.05, 0) is 31.7 Å². The van der Waals surface area contributed by atoms with Crippen molar-refractivity contribution in [1.29, 1.82) is 0 Å². The predicted octanol–water partition coefficient (Wildman–Crippen LogP) is 1.36. The Balaban J connectivity index is 1.30. The number of aryl methyl sites for hydroxylation is 2. The number of carbonyl (C=O) groups is 1. The van der Waals surface area contributed by atoms with Crippen molar-refractivity contribution in [3.63, 3.8) is 0 Å². The van der Waals surface area contributed by atoms with Crippen LogP contribution >= 0.6 is 0 Å². The minimum Gasteiger partial charge on any atom is -0.455 e. The first-order valence-corrected chi connectivity index (χ1v) is 11.2. The Morgan fingerprint density at radius 2 is 2.17 bits per heavy atom. The van der Waals surface area contributed by atoms with E-state index in [9.17, 15) is 4.79 Å². The lowest BCUT2D eigenvalue weighted by atomic mass is 9.93. The van der Waals surface area contributed by atoms with Gasteiger partial charge in [-0.25, -0.2) is 0 Å². The summed E-state index contributed by atoms with van der Waals surface area (Å²) in [6, 6.07) is 0. The van der Waals surface area contributed by atoms with Gasteiger partial charge in [0.05, 0.1) is 18.3 Å². The lowest BCUT2D eigenvalue weighted by molar-refractivity contribution is 0.0833. The Labute approximate surface area is 176 Å². The fraction of sp³-hybridized carbons (Fsp3) is 0.636. The fourth-order valence-electron chi connectivity index (χ4n) is 4.77. The molecule has 8 heteroatoms. The van der Waals surface area contributed by atoms with E-state index >= 15 is 0 Å². The Kier molecular flexibility index (Phi) is 5.62. The summed E-state index contributed by atoms with van der Waals surface area (Å²) in [5, 5.41) is 11.3. The minimum absolute atomic E-state index is 0.122. The molecular weight excluding hydrogens is 382 g/mol. The van der Waals surface area contributed by atoms with Crippen LogP contribution < -0.4 is 10.6 Å². The molecule has 8 nitrogen and oxygen atoms in total. The molecular formula is C22H31N5O3. The Morgan fingerprint density at radius 1 is 1.30 bits per heavy atom. The normalized spacial score (nSPS) is 21.4. The van der Waals surface area contributed by atoms with Crippen LogP contribution in [0.15, 0.2) is 10.6 Å². The number of nitrogens with one attached hydrogen (secondary N) is 2. The minimum atomic E-state index is -0.155. The molecule has 0 unspecified atom stereocenters. The van der Waals surface area contributed by atoms with Crippen LogP contribution in [0.4, 0.5) is 0 Å². The predicted molar refractivity (Wildman–Crippen MR) is 113 cm³/mol. The molecule has 2 aliphatic heterocycles. The third-order valence-electron chi connectivity index (χ3n) is 6.49. The van der Waals surface area contributed by atoms with Gasteiger partial charge in [0.2, 0.25) is 0 Å². The van der Waals surface area contributed by atoms with E-state index in [1.165, 1.54) is 5.56 Å². The molecule has 2 fully saturated rings. The zero-order valence-corrected chi connectivity index (χ0v) is 17.7. The van der Waals surface area contributed by atoms with E-state index < -0.39 is 0 Å². The third-order valence-corrected chi connectivity index (χ3v) is 6.49. The van der Waals surface area contributed by atoms with Crippen LogP contribution in [0.25, 0.3) is 11.3 Å². The maximum absolute atomic E-state index is 12.7. The summed E-state index contributed by atoms with van der Waals surface area (Å²) in [6.07, 6.45) is 6.07. The summed E-state index contributed by atoms with van der Waals surface area (Å²) in [6.45, 7) is 9.50. The van der Waals surface area contributed by atoms with Crippen LogP contribution in [0, 0.1) is 6.92 Å². The quantitative estimate of drug-likeness (QED) is 0.744. The highest BCUT2D eigenvalue weighted by Crippen LogP contribution is 2.38. The number of amides is 1. The van der Waals surface area contributed by atoms with Crippen molar-refractivity contribution in [3.05, 3.63) is 28.8 Å². The monoisotopic (exact) mass is 413 g/mol. The molecule has 0 spiro atoms. The smallest absolute Gasteiger partial charge is 0.287 e. The van der Waals surface area contributed by atoms with Crippen molar-refractivity contribution >= 4 is 5.91 Å². The van der Waals surface area contributed by atoms with Crippen molar-refractivity contribution in [2.75, 3.05) is 45.9 Å². The van der Waals surface area contributed by atoms with Gasteiger partial charge in [0, 0.05) is 69.6 Å². The molecule has 0 radical (unpaired) electrons. The van der Waals surface area contributed by atoms with Crippen LogP contribution in [-0.4, -0.2) is 72.6 Å². The summed E-state index contributed by atoms with van der Waals surface area (Å²) in [5.74, 6) is 1.15. The van der Waals surface area contributed by atoms with Gasteiger partial charge >= 0.3 is 0 Å². The highest BCUT2D eigenvalue weighted by Gasteiger charge is 2.30. The zero-order valence-electron chi connectivity index (χ0n) is 17.7. The summed E-state index contributed by atoms with van der Waals surface area (Å²) in [7, 11) is 0. The standard InChI is InChI=1S/C22H31N5O3/c1-15-19-18(30-21(15)22(28)24-13-17-3-2-12-29-17)5-4-16-14-27(25-20(16)19)11-10-26-8-6-23-7-9-26/h14,17,23H,2-13H2,1H3,(H,24,28)/t17-/m0/s1. The lowest BCUT2D eigenvalue weighted by Crippen LogP contribution is -2.44. The molecule has 1 aliphatic carbocycles. The average Bonchev–Trinajstić information content (AvgIpc) is 3.50. The van der Waals surface area contributed by atoms with Gasteiger partial charge in [-0.15, -0.1) is 0 Å². The van der Waals surface area contributed by atoms with Crippen molar-refractivity contribution in [1.82, 2.24) is 25.3 Å². The maximum Gasteiger partial charge on any atom is 0.287 e. The van der Waals surface area contributed by atoms with Crippen molar-refractivity contribution in [3.8, 4) is 11.3 Å². The van der Waals surface area contributed by atoms with Crippen molar-refractivity contribution in [2.45, 2.75) is 45.3 Å². The number of nitrogens with zero attached hydrogens (tertiary/aromatic N) is 3. The topological polar surface area (TPSA) is 84.6 Å². The van der Waals surface area contributed by atoms with Gasteiger partial charge in [-0.3, -0.25) is 14.4 Å². The van der Waals surface area contributed by atoms with Crippen molar-refractivity contribution in [2.24, 2.45) is 0 Å². The second kappa shape index (κ2) is 8.53. The molecule has 1 amide bonds. The van der Waals surface area contributed by atoms with Crippen molar-refractivity contribution < 1.29 is 13.9 Å². The summed E-state index contributed by atoms with van der Waals surface area (Å²) in [5.41, 5.74) is 4.14. The first-order valence-electron chi connectivity index (χ1n) is 11.2. The van der Waals surface area contributed by atoms with E-state index in [0.717, 1.165) is 94.1 Å². The molecule has 5 rings (SSSR count). The molecule has 2 aromatic rings. The van der Waals surface area contributed by atoms with Gasteiger partial charge in [-0.1, -0.05) is 0 Å². The van der Waals surface area contributed by atoms with Crippen LogP contribution in [0.1, 0.15) is 40.3 Å². The number of ether oxygens (including phenoxy) is 1. The Morgan fingerprint density at radius 3 is 2.97 bits per heavy atom. The van der Waals surface area contributed by atoms with E-state index in [0.29, 0.717) is 12.3 Å². The van der Waals surface area contributed by atoms with Crippen LogP contribution in [0.2, 0.25) is 0 Å². The molecule has 4 heterocycles. The number of rotatable bonds is 6. The van der Waals surface area contributed by atoms with Gasteiger partial charge in [0.15, 0.2) is 5.76 Å². The molecule has 0 bridgehead atoms. The first kappa shape index (κ1) is 19.8. The van der Waals surface area contributed by atoms with Gasteiger partial charge < -0.3 is 19.8 Å². The molecule has 2 N–H and O–H groups in total. The van der Waals surface area contributed by atoms with Crippen LogP contribution in [0.5, 0.6) is 0 Å². The number of carbonyl (C=O) groups excluding carboxylic acids is 1. The number of aromatic nitrogens is 2. The van der Waals surface area contributed by atoms with E-state index in [-0.39, 0.29) is 12.0 Å². The molecule has 3 aliphatic rings. The highest BCUT2D eigenvalue weighted by atomic mass is 16.5. The summed E-state index contributed by atoms with van der Waals surface area (Å²) < 4.78 is 13.7. The van der Waals surface area contributed by atoms with Crippen LogP contribution in [-0.2, 0) is 24.1 Å².